The summed E-state index contributed by atoms with van der Waals surface area (Å²) in [6.07, 6.45) is 0.618. The van der Waals surface area contributed by atoms with Crippen LogP contribution in [0.3, 0.4) is 0 Å². The van der Waals surface area contributed by atoms with Crippen molar-refractivity contribution in [2.75, 3.05) is 11.9 Å². The first-order valence-corrected chi connectivity index (χ1v) is 12.7. The van der Waals surface area contributed by atoms with Crippen LogP contribution < -0.4 is 11.1 Å². The average Bonchev–Trinajstić information content (AvgIpc) is 3.24. The molecule has 2 atom stereocenters. The van der Waals surface area contributed by atoms with E-state index in [1.54, 1.807) is 18.2 Å². The van der Waals surface area contributed by atoms with Gasteiger partial charge >= 0.3 is 0 Å². The molecule has 0 unspecified atom stereocenters. The number of carbonyl (C=O) groups is 1. The number of hydrogen-bond acceptors (Lipinski definition) is 3. The first-order chi connectivity index (χ1) is 18.4. The molecule has 192 valence electrons. The monoisotopic (exact) mass is 507 g/mol. The van der Waals surface area contributed by atoms with Gasteiger partial charge in [0.1, 0.15) is 5.82 Å². The van der Waals surface area contributed by atoms with Crippen LogP contribution >= 0.6 is 0 Å². The molecule has 0 fully saturated rings. The second-order valence-corrected chi connectivity index (χ2v) is 9.66. The average molecular weight is 508 g/mol. The molecule has 1 aliphatic rings. The Labute approximate surface area is 221 Å². The van der Waals surface area contributed by atoms with Crippen molar-refractivity contribution in [2.24, 2.45) is 10.7 Å². The number of amides is 1. The summed E-state index contributed by atoms with van der Waals surface area (Å²) in [4.78, 5) is 16.6. The highest BCUT2D eigenvalue weighted by Crippen LogP contribution is 2.43. The molecule has 0 saturated carbocycles. The lowest BCUT2D eigenvalue weighted by atomic mass is 9.84. The molecule has 0 radical (unpaired) electrons. The standard InChI is InChI=1S/C32H30FN3O2/c1-20(35-16-15-21-7-11-25(33)12-8-21)36-26-13-9-23-18-30(37)31(28(23)19-26)29-17-24(32(34)38)10-14-27(29)22-5-3-2-4-6-22/h2-14,17,19,30-31,37H,15-16,18H2,1H3,(H2,34,38)(H,35,36)/t30-,31-/m1/s1. The highest BCUT2D eigenvalue weighted by molar-refractivity contribution is 5.94. The van der Waals surface area contributed by atoms with Gasteiger partial charge in [0.05, 0.1) is 11.9 Å². The quantitative estimate of drug-likeness (QED) is 0.221. The van der Waals surface area contributed by atoms with E-state index in [1.165, 1.54) is 12.1 Å². The molecule has 0 bridgehead atoms. The molecule has 0 saturated heterocycles. The number of benzene rings is 4. The lowest BCUT2D eigenvalue weighted by Gasteiger charge is -2.22. The van der Waals surface area contributed by atoms with Crippen LogP contribution in [0.1, 0.15) is 45.5 Å². The van der Waals surface area contributed by atoms with E-state index in [0.29, 0.717) is 18.5 Å². The van der Waals surface area contributed by atoms with Gasteiger partial charge in [-0.3, -0.25) is 9.79 Å². The first kappa shape index (κ1) is 25.4. The van der Waals surface area contributed by atoms with Gasteiger partial charge in [0.2, 0.25) is 5.91 Å². The number of aliphatic hydroxyl groups excluding tert-OH is 1. The molecule has 0 heterocycles. The molecule has 38 heavy (non-hydrogen) atoms. The van der Waals surface area contributed by atoms with Crippen molar-refractivity contribution >= 4 is 17.4 Å². The number of primary amides is 1. The van der Waals surface area contributed by atoms with E-state index in [0.717, 1.165) is 51.3 Å². The van der Waals surface area contributed by atoms with Crippen molar-refractivity contribution in [3.05, 3.63) is 125 Å². The highest BCUT2D eigenvalue weighted by atomic mass is 19.1. The van der Waals surface area contributed by atoms with Crippen molar-refractivity contribution in [3.8, 4) is 11.1 Å². The predicted molar refractivity (Wildman–Crippen MR) is 150 cm³/mol. The highest BCUT2D eigenvalue weighted by Gasteiger charge is 2.34. The number of hydrogen-bond donors (Lipinski definition) is 3. The van der Waals surface area contributed by atoms with E-state index in [1.807, 2.05) is 61.5 Å². The van der Waals surface area contributed by atoms with E-state index in [4.69, 9.17) is 5.73 Å². The number of aliphatic imine (C=N–C) groups is 1. The lowest BCUT2D eigenvalue weighted by Crippen LogP contribution is -2.18. The van der Waals surface area contributed by atoms with Crippen molar-refractivity contribution in [1.29, 1.82) is 0 Å². The molecule has 5 nitrogen and oxygen atoms in total. The fourth-order valence-electron chi connectivity index (χ4n) is 5.18. The molecular weight excluding hydrogens is 477 g/mol. The molecule has 1 amide bonds. The maximum atomic E-state index is 13.1. The van der Waals surface area contributed by atoms with Crippen molar-refractivity contribution in [1.82, 2.24) is 0 Å². The van der Waals surface area contributed by atoms with E-state index in [2.05, 4.69) is 16.4 Å². The molecular formula is C32H30FN3O2. The van der Waals surface area contributed by atoms with Crippen LogP contribution in [0.15, 0.2) is 96.0 Å². The van der Waals surface area contributed by atoms with Gasteiger partial charge in [-0.2, -0.15) is 0 Å². The molecule has 4 aromatic carbocycles. The van der Waals surface area contributed by atoms with Gasteiger partial charge in [-0.25, -0.2) is 4.39 Å². The molecule has 4 aromatic rings. The van der Waals surface area contributed by atoms with E-state index < -0.39 is 12.0 Å². The van der Waals surface area contributed by atoms with E-state index >= 15 is 0 Å². The summed E-state index contributed by atoms with van der Waals surface area (Å²) in [6.45, 7) is 2.49. The van der Waals surface area contributed by atoms with E-state index in [-0.39, 0.29) is 11.7 Å². The Morgan fingerprint density at radius 2 is 1.76 bits per heavy atom. The van der Waals surface area contributed by atoms with Gasteiger partial charge in [0.15, 0.2) is 0 Å². The van der Waals surface area contributed by atoms with Crippen LogP contribution in [0.4, 0.5) is 10.1 Å². The first-order valence-electron chi connectivity index (χ1n) is 12.7. The minimum atomic E-state index is -0.628. The summed E-state index contributed by atoms with van der Waals surface area (Å²) in [5.74, 6) is -0.284. The van der Waals surface area contributed by atoms with Crippen LogP contribution in [-0.2, 0) is 12.8 Å². The Kier molecular flexibility index (Phi) is 7.33. The normalized spacial score (nSPS) is 16.8. The Balaban J connectivity index is 1.42. The zero-order valence-corrected chi connectivity index (χ0v) is 21.2. The third-order valence-electron chi connectivity index (χ3n) is 7.04. The number of nitrogens with two attached hydrogens (primary N) is 1. The van der Waals surface area contributed by atoms with Crippen LogP contribution in [-0.4, -0.2) is 29.5 Å². The molecule has 1 aliphatic carbocycles. The zero-order valence-electron chi connectivity index (χ0n) is 21.2. The summed E-state index contributed by atoms with van der Waals surface area (Å²) in [7, 11) is 0. The Hall–Kier alpha value is -4.29. The molecule has 0 spiro atoms. The maximum Gasteiger partial charge on any atom is 0.248 e. The lowest BCUT2D eigenvalue weighted by molar-refractivity contribution is 0.1000. The number of halogens is 1. The van der Waals surface area contributed by atoms with Gasteiger partial charge in [-0.1, -0.05) is 54.6 Å². The molecule has 6 heteroatoms. The smallest absolute Gasteiger partial charge is 0.248 e. The number of aliphatic hydroxyl groups is 1. The molecule has 0 aliphatic heterocycles. The van der Waals surface area contributed by atoms with Gasteiger partial charge in [-0.15, -0.1) is 0 Å². The number of amidine groups is 1. The largest absolute Gasteiger partial charge is 0.392 e. The van der Waals surface area contributed by atoms with Gasteiger partial charge in [0.25, 0.3) is 0 Å². The van der Waals surface area contributed by atoms with Gasteiger partial charge in [0, 0.05) is 23.7 Å². The minimum absolute atomic E-state index is 0.243. The third kappa shape index (κ3) is 5.50. The number of carbonyl (C=O) groups excluding carboxylic acids is 1. The van der Waals surface area contributed by atoms with Crippen molar-refractivity contribution < 1.29 is 14.3 Å². The fourth-order valence-corrected chi connectivity index (χ4v) is 5.18. The van der Waals surface area contributed by atoms with E-state index in [9.17, 15) is 14.3 Å². The summed E-state index contributed by atoms with van der Waals surface area (Å²) in [5, 5.41) is 14.6. The maximum absolute atomic E-state index is 13.1. The van der Waals surface area contributed by atoms with Crippen LogP contribution in [0, 0.1) is 5.82 Å². The number of anilines is 1. The van der Waals surface area contributed by atoms with Crippen molar-refractivity contribution in [3.63, 3.8) is 0 Å². The van der Waals surface area contributed by atoms with Gasteiger partial charge < -0.3 is 16.2 Å². The number of fused-ring (bicyclic) bond motifs is 1. The Morgan fingerprint density at radius 3 is 2.50 bits per heavy atom. The number of nitrogens with zero attached hydrogens (tertiary/aromatic N) is 1. The molecule has 0 aromatic heterocycles. The zero-order chi connectivity index (χ0) is 26.6. The number of nitrogens with one attached hydrogen (secondary N) is 1. The molecule has 4 N–H and O–H groups in total. The minimum Gasteiger partial charge on any atom is -0.392 e. The second-order valence-electron chi connectivity index (χ2n) is 9.66. The van der Waals surface area contributed by atoms with Gasteiger partial charge in [-0.05, 0) is 89.5 Å². The summed E-state index contributed by atoms with van der Waals surface area (Å²) in [6, 6.07) is 28.0. The Bertz CT molecular complexity index is 1480. The summed E-state index contributed by atoms with van der Waals surface area (Å²) >= 11 is 0. The van der Waals surface area contributed by atoms with Crippen LogP contribution in [0.25, 0.3) is 11.1 Å². The predicted octanol–water partition coefficient (Wildman–Crippen LogP) is 5.71. The fraction of sp³-hybridized carbons (Fsp3) is 0.188. The van der Waals surface area contributed by atoms with Crippen molar-refractivity contribution in [2.45, 2.75) is 31.8 Å². The summed E-state index contributed by atoms with van der Waals surface area (Å²) < 4.78 is 13.1. The second kappa shape index (κ2) is 11.0. The van der Waals surface area contributed by atoms with Crippen LogP contribution in [0.5, 0.6) is 0 Å². The number of rotatable bonds is 7. The van der Waals surface area contributed by atoms with Crippen LogP contribution in [0.2, 0.25) is 0 Å². The topological polar surface area (TPSA) is 87.7 Å². The summed E-state index contributed by atoms with van der Waals surface area (Å²) in [5.41, 5.74) is 12.9. The SMILES string of the molecule is CC(=NCCc1ccc(F)cc1)Nc1ccc2c(c1)[C@H](c1cc(C(N)=O)ccc1-c1ccccc1)[C@H](O)C2. The third-order valence-corrected chi connectivity index (χ3v) is 7.04. The Morgan fingerprint density at radius 1 is 1.00 bits per heavy atom. The molecule has 5 rings (SSSR count).